The molecule has 0 aliphatic heterocycles. The van der Waals surface area contributed by atoms with Crippen LogP contribution in [0.1, 0.15) is 17.3 Å². The van der Waals surface area contributed by atoms with Crippen molar-refractivity contribution < 1.29 is 33.1 Å². The van der Waals surface area contributed by atoms with Crippen LogP contribution in [0.4, 0.5) is 10.1 Å². The van der Waals surface area contributed by atoms with Gasteiger partial charge in [-0.15, -0.1) is 0 Å². The molecule has 1 unspecified atom stereocenters. The number of esters is 1. The highest BCUT2D eigenvalue weighted by Gasteiger charge is 2.25. The van der Waals surface area contributed by atoms with Gasteiger partial charge in [0, 0.05) is 6.07 Å². The van der Waals surface area contributed by atoms with Crippen LogP contribution in [0, 0.1) is 10.1 Å². The standard InChI is InChI=1S/C12H12FNO7/c1-3-20-12(16)11(13)21-10-5-8(14(17)18)7(6-15)4-9(10)19-2/h4-6,11H,3H2,1-2H3. The molecule has 0 fully saturated rings. The summed E-state index contributed by atoms with van der Waals surface area (Å²) in [5, 5.41) is 10.8. The first-order chi connectivity index (χ1) is 9.94. The minimum atomic E-state index is -2.47. The molecule has 0 bridgehead atoms. The summed E-state index contributed by atoms with van der Waals surface area (Å²) >= 11 is 0. The van der Waals surface area contributed by atoms with Gasteiger partial charge in [-0.1, -0.05) is 0 Å². The van der Waals surface area contributed by atoms with Crippen molar-refractivity contribution in [1.82, 2.24) is 0 Å². The van der Waals surface area contributed by atoms with E-state index in [-0.39, 0.29) is 24.2 Å². The fourth-order valence-electron chi connectivity index (χ4n) is 1.44. The number of nitro benzene ring substituents is 1. The van der Waals surface area contributed by atoms with Gasteiger partial charge in [-0.25, -0.2) is 4.79 Å². The number of hydrogen-bond donors (Lipinski definition) is 0. The number of ether oxygens (including phenoxy) is 3. The van der Waals surface area contributed by atoms with Crippen molar-refractivity contribution in [3.63, 3.8) is 0 Å². The average Bonchev–Trinajstić information content (AvgIpc) is 2.46. The number of carbonyl (C=O) groups excluding carboxylic acids is 2. The summed E-state index contributed by atoms with van der Waals surface area (Å²) in [7, 11) is 1.19. The third-order valence-corrected chi connectivity index (χ3v) is 2.34. The van der Waals surface area contributed by atoms with Crippen LogP contribution in [0.5, 0.6) is 11.5 Å². The zero-order valence-electron chi connectivity index (χ0n) is 11.2. The Kier molecular flexibility index (Phi) is 5.58. The molecule has 0 aliphatic rings. The Labute approximate surface area is 118 Å². The van der Waals surface area contributed by atoms with Gasteiger partial charge in [-0.3, -0.25) is 14.9 Å². The minimum absolute atomic E-state index is 0.0516. The summed E-state index contributed by atoms with van der Waals surface area (Å²) in [4.78, 5) is 31.9. The highest BCUT2D eigenvalue weighted by molar-refractivity contribution is 5.83. The minimum Gasteiger partial charge on any atom is -0.493 e. The van der Waals surface area contributed by atoms with Gasteiger partial charge in [0.1, 0.15) is 0 Å². The predicted octanol–water partition coefficient (Wildman–Crippen LogP) is 1.65. The molecule has 9 heteroatoms. The Bertz CT molecular complexity index is 561. The quantitative estimate of drug-likeness (QED) is 0.326. The van der Waals surface area contributed by atoms with Crippen LogP contribution in [0.3, 0.4) is 0 Å². The zero-order chi connectivity index (χ0) is 16.0. The van der Waals surface area contributed by atoms with E-state index in [1.807, 2.05) is 0 Å². The number of benzene rings is 1. The SMILES string of the molecule is CCOC(=O)C(F)Oc1cc([N+](=O)[O-])c(C=O)cc1OC. The molecule has 21 heavy (non-hydrogen) atoms. The summed E-state index contributed by atoms with van der Waals surface area (Å²) in [5.41, 5.74) is -0.868. The van der Waals surface area contributed by atoms with E-state index in [1.165, 1.54) is 14.0 Å². The summed E-state index contributed by atoms with van der Waals surface area (Å²) in [5.74, 6) is -1.80. The fourth-order valence-corrected chi connectivity index (χ4v) is 1.44. The molecular formula is C12H12FNO7. The number of alkyl halides is 1. The maximum atomic E-state index is 13.5. The lowest BCUT2D eigenvalue weighted by Gasteiger charge is -2.13. The second-order valence-corrected chi connectivity index (χ2v) is 3.62. The molecule has 0 aromatic heterocycles. The van der Waals surface area contributed by atoms with Gasteiger partial charge in [0.2, 0.25) is 0 Å². The highest BCUT2D eigenvalue weighted by Crippen LogP contribution is 2.34. The van der Waals surface area contributed by atoms with E-state index in [9.17, 15) is 24.1 Å². The van der Waals surface area contributed by atoms with Crippen molar-refractivity contribution >= 4 is 17.9 Å². The smallest absolute Gasteiger partial charge is 0.381 e. The fraction of sp³-hybridized carbons (Fsp3) is 0.333. The maximum Gasteiger partial charge on any atom is 0.381 e. The van der Waals surface area contributed by atoms with Gasteiger partial charge in [0.05, 0.1) is 30.3 Å². The number of nitro groups is 1. The number of nitrogens with zero attached hydrogens (tertiary/aromatic N) is 1. The lowest BCUT2D eigenvalue weighted by molar-refractivity contribution is -0.385. The molecule has 0 N–H and O–H groups in total. The summed E-state index contributed by atoms with van der Waals surface area (Å²) in [6.07, 6.45) is -2.22. The second-order valence-electron chi connectivity index (χ2n) is 3.62. The van der Waals surface area contributed by atoms with Gasteiger partial charge in [-0.2, -0.15) is 4.39 Å². The predicted molar refractivity (Wildman–Crippen MR) is 67.2 cm³/mol. The van der Waals surface area contributed by atoms with Crippen molar-refractivity contribution in [3.8, 4) is 11.5 Å². The normalized spacial score (nSPS) is 11.4. The van der Waals surface area contributed by atoms with E-state index in [2.05, 4.69) is 9.47 Å². The Morgan fingerprint density at radius 2 is 2.14 bits per heavy atom. The van der Waals surface area contributed by atoms with Gasteiger partial charge in [-0.05, 0) is 6.92 Å². The van der Waals surface area contributed by atoms with E-state index in [0.717, 1.165) is 12.1 Å². The number of carbonyl (C=O) groups is 2. The Balaban J connectivity index is 3.16. The largest absolute Gasteiger partial charge is 0.493 e. The Morgan fingerprint density at radius 1 is 1.48 bits per heavy atom. The maximum absolute atomic E-state index is 13.5. The van der Waals surface area contributed by atoms with Crippen LogP contribution in [0.15, 0.2) is 12.1 Å². The molecule has 114 valence electrons. The third-order valence-electron chi connectivity index (χ3n) is 2.34. The lowest BCUT2D eigenvalue weighted by atomic mass is 10.1. The van der Waals surface area contributed by atoms with E-state index >= 15 is 0 Å². The first-order valence-corrected chi connectivity index (χ1v) is 5.73. The number of methoxy groups -OCH3 is 1. The summed E-state index contributed by atoms with van der Waals surface area (Å²) in [6.45, 7) is 1.43. The third kappa shape index (κ3) is 3.88. The van der Waals surface area contributed by atoms with Crippen molar-refractivity contribution in [1.29, 1.82) is 0 Å². The first kappa shape index (κ1) is 16.3. The number of halogens is 1. The van der Waals surface area contributed by atoms with Crippen LogP contribution in [0.25, 0.3) is 0 Å². The van der Waals surface area contributed by atoms with E-state index in [4.69, 9.17) is 4.74 Å². The van der Waals surface area contributed by atoms with Crippen molar-refractivity contribution in [2.24, 2.45) is 0 Å². The van der Waals surface area contributed by atoms with E-state index < -0.39 is 28.7 Å². The molecule has 0 aliphatic carbocycles. The number of aldehydes is 1. The van der Waals surface area contributed by atoms with Gasteiger partial charge in [0.15, 0.2) is 17.8 Å². The molecule has 1 aromatic rings. The molecule has 0 heterocycles. The molecule has 8 nitrogen and oxygen atoms in total. The Hall–Kier alpha value is -2.71. The first-order valence-electron chi connectivity index (χ1n) is 5.73. The number of hydrogen-bond acceptors (Lipinski definition) is 7. The van der Waals surface area contributed by atoms with Crippen molar-refractivity contribution in [2.75, 3.05) is 13.7 Å². The van der Waals surface area contributed by atoms with Crippen molar-refractivity contribution in [2.45, 2.75) is 13.3 Å². The molecule has 0 saturated heterocycles. The van der Waals surface area contributed by atoms with Crippen molar-refractivity contribution in [3.05, 3.63) is 27.8 Å². The number of rotatable bonds is 7. The van der Waals surface area contributed by atoms with Crippen LogP contribution < -0.4 is 9.47 Å². The highest BCUT2D eigenvalue weighted by atomic mass is 19.1. The average molecular weight is 301 g/mol. The lowest BCUT2D eigenvalue weighted by Crippen LogP contribution is -2.25. The topological polar surface area (TPSA) is 105 Å². The summed E-state index contributed by atoms with van der Waals surface area (Å²) in [6, 6.07) is 1.81. The van der Waals surface area contributed by atoms with Crippen LogP contribution in [-0.4, -0.2) is 37.3 Å². The Morgan fingerprint density at radius 3 is 2.62 bits per heavy atom. The molecule has 1 aromatic carbocycles. The van der Waals surface area contributed by atoms with Crippen LogP contribution in [0.2, 0.25) is 0 Å². The monoisotopic (exact) mass is 301 g/mol. The summed E-state index contributed by atoms with van der Waals surface area (Å²) < 4.78 is 27.4. The van der Waals surface area contributed by atoms with Gasteiger partial charge >= 0.3 is 12.3 Å². The molecule has 1 rings (SSSR count). The zero-order valence-corrected chi connectivity index (χ0v) is 11.2. The molecule has 0 spiro atoms. The molecular weight excluding hydrogens is 289 g/mol. The molecule has 0 radical (unpaired) electrons. The van der Waals surface area contributed by atoms with E-state index in [1.54, 1.807) is 0 Å². The molecule has 0 saturated carbocycles. The molecule has 0 amide bonds. The van der Waals surface area contributed by atoms with E-state index in [0.29, 0.717) is 0 Å². The second kappa shape index (κ2) is 7.17. The van der Waals surface area contributed by atoms with Gasteiger partial charge in [0.25, 0.3) is 5.69 Å². The van der Waals surface area contributed by atoms with Gasteiger partial charge < -0.3 is 14.2 Å². The molecule has 1 atom stereocenters. The van der Waals surface area contributed by atoms with Crippen LogP contribution in [-0.2, 0) is 9.53 Å². The van der Waals surface area contributed by atoms with Crippen LogP contribution >= 0.6 is 0 Å².